The summed E-state index contributed by atoms with van der Waals surface area (Å²) in [4.78, 5) is 16.7. The monoisotopic (exact) mass is 405 g/mol. The van der Waals surface area contributed by atoms with Crippen molar-refractivity contribution in [2.24, 2.45) is 0 Å². The number of aromatic nitrogens is 3. The number of carbonyl (C=O) groups is 1. The maximum Gasteiger partial charge on any atom is 0.235 e. The first-order chi connectivity index (χ1) is 13.6. The van der Waals surface area contributed by atoms with Gasteiger partial charge in [0.15, 0.2) is 5.16 Å². The molecule has 28 heavy (non-hydrogen) atoms. The molecule has 0 spiro atoms. The number of hydrogen-bond donors (Lipinski definition) is 0. The first-order valence-corrected chi connectivity index (χ1v) is 10.5. The minimum absolute atomic E-state index is 0.115. The van der Waals surface area contributed by atoms with E-state index in [9.17, 15) is 9.18 Å². The second-order valence-corrected chi connectivity index (χ2v) is 8.30. The smallest absolute Gasteiger partial charge is 0.235 e. The van der Waals surface area contributed by atoms with E-state index >= 15 is 0 Å². The highest BCUT2D eigenvalue weighted by molar-refractivity contribution is 8.00. The molecule has 1 aromatic carbocycles. The Morgan fingerprint density at radius 3 is 2.64 bits per heavy atom. The zero-order chi connectivity index (χ0) is 19.5. The fourth-order valence-electron chi connectivity index (χ4n) is 3.55. The van der Waals surface area contributed by atoms with E-state index in [1.54, 1.807) is 6.07 Å². The third kappa shape index (κ3) is 4.00. The Kier molecular flexibility index (Phi) is 5.82. The van der Waals surface area contributed by atoms with Crippen molar-refractivity contribution in [2.75, 3.05) is 44.3 Å². The normalized spacial score (nSPS) is 18.5. The fraction of sp³-hybridized carbons (Fsp3) is 0.526. The summed E-state index contributed by atoms with van der Waals surface area (Å²) in [5.41, 5.74) is 0.648. The molecule has 1 atom stereocenters. The van der Waals surface area contributed by atoms with E-state index in [0.717, 1.165) is 25.9 Å². The lowest BCUT2D eigenvalue weighted by Gasteiger charge is -2.28. The molecule has 2 fully saturated rings. The van der Waals surface area contributed by atoms with E-state index in [1.165, 1.54) is 23.9 Å². The highest BCUT2D eigenvalue weighted by Crippen LogP contribution is 2.31. The number of thioether (sulfide) groups is 1. The van der Waals surface area contributed by atoms with Crippen molar-refractivity contribution in [3.8, 4) is 5.69 Å². The minimum Gasteiger partial charge on any atom is -0.378 e. The topological polar surface area (TPSA) is 63.5 Å². The Labute approximate surface area is 167 Å². The van der Waals surface area contributed by atoms with Crippen LogP contribution in [0, 0.1) is 5.82 Å². The lowest BCUT2D eigenvalue weighted by molar-refractivity contribution is -0.129. The molecule has 150 valence electrons. The number of carbonyl (C=O) groups excluding carboxylic acids is 1. The number of benzene rings is 1. The summed E-state index contributed by atoms with van der Waals surface area (Å²) >= 11 is 1.37. The standard InChI is InChI=1S/C19H24FN5O2S/c1-14(17(26)23-7-2-3-8-23)28-19-22-21-18(24-9-11-27-12-10-24)25(19)16-6-4-5-15(20)13-16/h4-6,13-14H,2-3,7-12H2,1H3/t14-/m0/s1. The van der Waals surface area contributed by atoms with Gasteiger partial charge >= 0.3 is 0 Å². The third-order valence-electron chi connectivity index (χ3n) is 5.02. The molecule has 2 saturated heterocycles. The van der Waals surface area contributed by atoms with Crippen LogP contribution in [0.2, 0.25) is 0 Å². The van der Waals surface area contributed by atoms with E-state index in [1.807, 2.05) is 22.5 Å². The van der Waals surface area contributed by atoms with Gasteiger partial charge in [-0.1, -0.05) is 17.8 Å². The molecule has 0 unspecified atom stereocenters. The van der Waals surface area contributed by atoms with Gasteiger partial charge in [0.05, 0.1) is 24.2 Å². The molecular formula is C19H24FN5O2S. The summed E-state index contributed by atoms with van der Waals surface area (Å²) < 4.78 is 21.2. The van der Waals surface area contributed by atoms with Gasteiger partial charge in [0, 0.05) is 26.2 Å². The lowest BCUT2D eigenvalue weighted by Crippen LogP contribution is -2.38. The predicted molar refractivity (Wildman–Crippen MR) is 105 cm³/mol. The quantitative estimate of drug-likeness (QED) is 0.712. The van der Waals surface area contributed by atoms with Gasteiger partial charge in [0.1, 0.15) is 5.82 Å². The number of rotatable bonds is 5. The van der Waals surface area contributed by atoms with Crippen LogP contribution in [0.15, 0.2) is 29.4 Å². The van der Waals surface area contributed by atoms with Crippen molar-refractivity contribution < 1.29 is 13.9 Å². The van der Waals surface area contributed by atoms with Crippen molar-refractivity contribution in [1.29, 1.82) is 0 Å². The Bertz CT molecular complexity index is 833. The van der Waals surface area contributed by atoms with Gasteiger partial charge in [-0.15, -0.1) is 10.2 Å². The van der Waals surface area contributed by atoms with Gasteiger partial charge in [0.25, 0.3) is 0 Å². The zero-order valence-electron chi connectivity index (χ0n) is 15.9. The second kappa shape index (κ2) is 8.48. The molecule has 2 aromatic rings. The van der Waals surface area contributed by atoms with E-state index < -0.39 is 0 Å². The van der Waals surface area contributed by atoms with Gasteiger partial charge in [-0.2, -0.15) is 0 Å². The summed E-state index contributed by atoms with van der Waals surface area (Å²) in [6.07, 6.45) is 2.12. The van der Waals surface area contributed by atoms with E-state index in [4.69, 9.17) is 4.74 Å². The molecule has 2 aliphatic heterocycles. The first kappa shape index (κ1) is 19.2. The number of ether oxygens (including phenoxy) is 1. The summed E-state index contributed by atoms with van der Waals surface area (Å²) in [6.45, 7) is 6.15. The molecule has 3 heterocycles. The molecule has 0 radical (unpaired) electrons. The molecule has 0 saturated carbocycles. The Balaban J connectivity index is 1.64. The largest absolute Gasteiger partial charge is 0.378 e. The van der Waals surface area contributed by atoms with Crippen LogP contribution in [0.4, 0.5) is 10.3 Å². The third-order valence-corrected chi connectivity index (χ3v) is 6.05. The van der Waals surface area contributed by atoms with E-state index in [2.05, 4.69) is 15.1 Å². The Hall–Kier alpha value is -2.13. The Morgan fingerprint density at radius 2 is 1.93 bits per heavy atom. The maximum absolute atomic E-state index is 13.9. The molecular weight excluding hydrogens is 381 g/mol. The van der Waals surface area contributed by atoms with Crippen LogP contribution < -0.4 is 4.90 Å². The number of likely N-dealkylation sites (tertiary alicyclic amines) is 1. The Morgan fingerprint density at radius 1 is 1.18 bits per heavy atom. The molecule has 1 amide bonds. The minimum atomic E-state index is -0.323. The molecule has 2 aliphatic rings. The molecule has 7 nitrogen and oxygen atoms in total. The zero-order valence-corrected chi connectivity index (χ0v) is 16.7. The summed E-state index contributed by atoms with van der Waals surface area (Å²) in [5.74, 6) is 0.442. The number of hydrogen-bond acceptors (Lipinski definition) is 6. The summed E-state index contributed by atoms with van der Waals surface area (Å²) in [5, 5.41) is 9.02. The second-order valence-electron chi connectivity index (χ2n) is 6.99. The summed E-state index contributed by atoms with van der Waals surface area (Å²) in [6, 6.07) is 6.37. The average molecular weight is 405 g/mol. The number of morpholine rings is 1. The van der Waals surface area contributed by atoms with Gasteiger partial charge in [-0.3, -0.25) is 9.36 Å². The van der Waals surface area contributed by atoms with Gasteiger partial charge in [-0.05, 0) is 38.0 Å². The fourth-order valence-corrected chi connectivity index (χ4v) is 4.50. The van der Waals surface area contributed by atoms with Crippen LogP contribution in [0.25, 0.3) is 5.69 Å². The van der Waals surface area contributed by atoms with Crippen LogP contribution in [-0.4, -0.2) is 70.2 Å². The highest BCUT2D eigenvalue weighted by Gasteiger charge is 2.28. The molecule has 4 rings (SSSR count). The SMILES string of the molecule is C[C@H](Sc1nnc(N2CCOCC2)n1-c1cccc(F)c1)C(=O)N1CCCC1. The summed E-state index contributed by atoms with van der Waals surface area (Å²) in [7, 11) is 0. The van der Waals surface area contributed by atoms with Crippen LogP contribution in [0.3, 0.4) is 0 Å². The highest BCUT2D eigenvalue weighted by atomic mass is 32.2. The number of halogens is 1. The maximum atomic E-state index is 13.9. The van der Waals surface area contributed by atoms with Crippen LogP contribution in [0.1, 0.15) is 19.8 Å². The van der Waals surface area contributed by atoms with Crippen molar-refractivity contribution in [3.63, 3.8) is 0 Å². The molecule has 0 aliphatic carbocycles. The van der Waals surface area contributed by atoms with Crippen LogP contribution in [-0.2, 0) is 9.53 Å². The van der Waals surface area contributed by atoms with Gasteiger partial charge in [-0.25, -0.2) is 4.39 Å². The van der Waals surface area contributed by atoms with E-state index in [-0.39, 0.29) is 17.0 Å². The van der Waals surface area contributed by atoms with Crippen molar-refractivity contribution in [2.45, 2.75) is 30.2 Å². The van der Waals surface area contributed by atoms with Crippen molar-refractivity contribution >= 4 is 23.6 Å². The first-order valence-electron chi connectivity index (χ1n) is 9.63. The van der Waals surface area contributed by atoms with Gasteiger partial charge < -0.3 is 14.5 Å². The predicted octanol–water partition coefficient (Wildman–Crippen LogP) is 2.35. The molecule has 1 aromatic heterocycles. The molecule has 0 N–H and O–H groups in total. The average Bonchev–Trinajstić information content (AvgIpc) is 3.38. The molecule has 0 bridgehead atoms. The van der Waals surface area contributed by atoms with Crippen LogP contribution >= 0.6 is 11.8 Å². The number of anilines is 1. The van der Waals surface area contributed by atoms with Gasteiger partial charge in [0.2, 0.25) is 11.9 Å². The number of nitrogens with zero attached hydrogens (tertiary/aromatic N) is 5. The van der Waals surface area contributed by atoms with Crippen molar-refractivity contribution in [3.05, 3.63) is 30.1 Å². The number of amides is 1. The van der Waals surface area contributed by atoms with E-state index in [0.29, 0.717) is 43.1 Å². The van der Waals surface area contributed by atoms with Crippen LogP contribution in [0.5, 0.6) is 0 Å². The van der Waals surface area contributed by atoms with Crippen molar-refractivity contribution in [1.82, 2.24) is 19.7 Å². The lowest BCUT2D eigenvalue weighted by atomic mass is 10.3. The molecule has 9 heteroatoms.